The van der Waals surface area contributed by atoms with E-state index in [1.807, 2.05) is 31.1 Å². The summed E-state index contributed by atoms with van der Waals surface area (Å²) in [6.45, 7) is 0. The lowest BCUT2D eigenvalue weighted by atomic mass is 10.2. The SMILES string of the molecule is CN(C)c1cc(Cl)c(Nc2ccc3[nH]c(=O)oc3c2)c(Cl)c1. The Bertz CT molecular complexity index is 876. The van der Waals surface area contributed by atoms with E-state index in [1.165, 1.54) is 0 Å². The summed E-state index contributed by atoms with van der Waals surface area (Å²) in [5, 5.41) is 4.16. The van der Waals surface area contributed by atoms with Gasteiger partial charge in [0, 0.05) is 31.5 Å². The molecule has 0 aliphatic heterocycles. The molecule has 0 amide bonds. The predicted octanol–water partition coefficient (Wildman–Crippen LogP) is 4.24. The van der Waals surface area contributed by atoms with E-state index in [0.29, 0.717) is 26.8 Å². The molecule has 0 spiro atoms. The summed E-state index contributed by atoms with van der Waals surface area (Å²) in [5.74, 6) is -0.487. The summed E-state index contributed by atoms with van der Waals surface area (Å²) in [6.07, 6.45) is 0. The van der Waals surface area contributed by atoms with Gasteiger partial charge in [0.1, 0.15) is 0 Å². The summed E-state index contributed by atoms with van der Waals surface area (Å²) >= 11 is 12.6. The zero-order valence-corrected chi connectivity index (χ0v) is 13.4. The third-order valence-electron chi connectivity index (χ3n) is 3.23. The van der Waals surface area contributed by atoms with E-state index in [1.54, 1.807) is 18.2 Å². The van der Waals surface area contributed by atoms with Crippen molar-refractivity contribution in [1.29, 1.82) is 0 Å². The van der Waals surface area contributed by atoms with Gasteiger partial charge in [-0.2, -0.15) is 0 Å². The second kappa shape index (κ2) is 5.59. The van der Waals surface area contributed by atoms with Crippen LogP contribution < -0.4 is 16.0 Å². The summed E-state index contributed by atoms with van der Waals surface area (Å²) in [5.41, 5.74) is 3.33. The number of benzene rings is 2. The van der Waals surface area contributed by atoms with Crippen LogP contribution in [-0.4, -0.2) is 19.1 Å². The van der Waals surface area contributed by atoms with Gasteiger partial charge >= 0.3 is 5.76 Å². The highest BCUT2D eigenvalue weighted by Gasteiger charge is 2.11. The van der Waals surface area contributed by atoms with Crippen molar-refractivity contribution in [3.8, 4) is 0 Å². The van der Waals surface area contributed by atoms with Crippen LogP contribution in [0.5, 0.6) is 0 Å². The van der Waals surface area contributed by atoms with Gasteiger partial charge in [0.25, 0.3) is 0 Å². The molecule has 1 heterocycles. The summed E-state index contributed by atoms with van der Waals surface area (Å²) < 4.78 is 5.03. The number of H-pyrrole nitrogens is 1. The smallest absolute Gasteiger partial charge is 0.408 e. The molecule has 0 aliphatic rings. The average molecular weight is 338 g/mol. The highest BCUT2D eigenvalue weighted by Crippen LogP contribution is 2.36. The van der Waals surface area contributed by atoms with Crippen LogP contribution in [0.25, 0.3) is 11.1 Å². The number of nitrogens with one attached hydrogen (secondary N) is 2. The second-order valence-electron chi connectivity index (χ2n) is 5.03. The van der Waals surface area contributed by atoms with Crippen molar-refractivity contribution in [1.82, 2.24) is 4.98 Å². The van der Waals surface area contributed by atoms with Gasteiger partial charge in [0.05, 0.1) is 21.2 Å². The normalized spacial score (nSPS) is 10.9. The Labute approximate surface area is 136 Å². The molecule has 0 unspecified atom stereocenters. The molecule has 0 radical (unpaired) electrons. The topological polar surface area (TPSA) is 61.3 Å². The van der Waals surface area contributed by atoms with Gasteiger partial charge in [-0.15, -0.1) is 0 Å². The van der Waals surface area contributed by atoms with Crippen LogP contribution in [0.15, 0.2) is 39.5 Å². The maximum atomic E-state index is 11.2. The molecular formula is C15H13Cl2N3O2. The van der Waals surface area contributed by atoms with E-state index < -0.39 is 5.76 Å². The third kappa shape index (κ3) is 2.77. The molecule has 2 N–H and O–H groups in total. The highest BCUT2D eigenvalue weighted by molar-refractivity contribution is 6.39. The Balaban J connectivity index is 1.99. The van der Waals surface area contributed by atoms with Crippen LogP contribution in [0, 0.1) is 0 Å². The summed E-state index contributed by atoms with van der Waals surface area (Å²) in [4.78, 5) is 15.7. The first-order valence-corrected chi connectivity index (χ1v) is 7.26. The fourth-order valence-electron chi connectivity index (χ4n) is 2.10. The fraction of sp³-hybridized carbons (Fsp3) is 0.133. The average Bonchev–Trinajstić information content (AvgIpc) is 2.81. The number of rotatable bonds is 3. The molecular weight excluding hydrogens is 325 g/mol. The minimum atomic E-state index is -0.487. The van der Waals surface area contributed by atoms with Gasteiger partial charge in [-0.3, -0.25) is 4.98 Å². The monoisotopic (exact) mass is 337 g/mol. The Morgan fingerprint density at radius 3 is 2.45 bits per heavy atom. The van der Waals surface area contributed by atoms with E-state index >= 15 is 0 Å². The van der Waals surface area contributed by atoms with Gasteiger partial charge in [-0.1, -0.05) is 23.2 Å². The first-order valence-electron chi connectivity index (χ1n) is 6.50. The predicted molar refractivity (Wildman–Crippen MR) is 90.9 cm³/mol. The van der Waals surface area contributed by atoms with E-state index in [4.69, 9.17) is 27.6 Å². The minimum absolute atomic E-state index is 0.465. The van der Waals surface area contributed by atoms with Gasteiger partial charge in [-0.25, -0.2) is 4.79 Å². The Kier molecular flexibility index (Phi) is 3.76. The fourth-order valence-corrected chi connectivity index (χ4v) is 2.67. The molecule has 22 heavy (non-hydrogen) atoms. The molecule has 1 aromatic heterocycles. The Morgan fingerprint density at radius 2 is 1.82 bits per heavy atom. The van der Waals surface area contributed by atoms with Crippen molar-refractivity contribution >= 4 is 51.4 Å². The first kappa shape index (κ1) is 14.8. The van der Waals surface area contributed by atoms with E-state index in [2.05, 4.69) is 10.3 Å². The number of aromatic nitrogens is 1. The summed E-state index contributed by atoms with van der Waals surface area (Å²) in [6, 6.07) is 8.91. The maximum absolute atomic E-state index is 11.2. The van der Waals surface area contributed by atoms with Crippen LogP contribution in [-0.2, 0) is 0 Å². The van der Waals surface area contributed by atoms with Gasteiger partial charge in [0.15, 0.2) is 5.58 Å². The number of hydrogen-bond donors (Lipinski definition) is 2. The highest BCUT2D eigenvalue weighted by atomic mass is 35.5. The van der Waals surface area contributed by atoms with E-state index in [9.17, 15) is 4.79 Å². The zero-order valence-electron chi connectivity index (χ0n) is 11.9. The Hall–Kier alpha value is -2.11. The molecule has 3 aromatic rings. The van der Waals surface area contributed by atoms with Crippen LogP contribution in [0.3, 0.4) is 0 Å². The Morgan fingerprint density at radius 1 is 1.14 bits per heavy atom. The van der Waals surface area contributed by atoms with Crippen molar-refractivity contribution in [2.75, 3.05) is 24.3 Å². The number of aromatic amines is 1. The van der Waals surface area contributed by atoms with Crippen LogP contribution >= 0.6 is 23.2 Å². The van der Waals surface area contributed by atoms with E-state index in [0.717, 1.165) is 11.4 Å². The largest absolute Gasteiger partial charge is 0.417 e. The molecule has 0 bridgehead atoms. The van der Waals surface area contributed by atoms with Crippen molar-refractivity contribution in [2.24, 2.45) is 0 Å². The van der Waals surface area contributed by atoms with Gasteiger partial charge in [-0.05, 0) is 24.3 Å². The minimum Gasteiger partial charge on any atom is -0.408 e. The third-order valence-corrected chi connectivity index (χ3v) is 3.83. The molecule has 0 saturated carbocycles. The van der Waals surface area contributed by atoms with E-state index in [-0.39, 0.29) is 0 Å². The molecule has 0 fully saturated rings. The van der Waals surface area contributed by atoms with Crippen LogP contribution in [0.2, 0.25) is 10.0 Å². The quantitative estimate of drug-likeness (QED) is 0.750. The van der Waals surface area contributed by atoms with Crippen LogP contribution in [0.4, 0.5) is 17.1 Å². The second-order valence-corrected chi connectivity index (χ2v) is 5.84. The molecule has 0 atom stereocenters. The number of halogens is 2. The number of hydrogen-bond acceptors (Lipinski definition) is 4. The standard InChI is InChI=1S/C15H13Cl2N3O2/c1-20(2)9-6-10(16)14(11(17)7-9)18-8-3-4-12-13(5-8)22-15(21)19-12/h3-7,18H,1-2H3,(H,19,21). The van der Waals surface area contributed by atoms with Gasteiger partial charge in [0.2, 0.25) is 0 Å². The lowest BCUT2D eigenvalue weighted by Crippen LogP contribution is -2.08. The maximum Gasteiger partial charge on any atom is 0.417 e. The number of nitrogens with zero attached hydrogens (tertiary/aromatic N) is 1. The number of oxazole rings is 1. The zero-order chi connectivity index (χ0) is 15.9. The number of fused-ring (bicyclic) bond motifs is 1. The molecule has 7 heteroatoms. The summed E-state index contributed by atoms with van der Waals surface area (Å²) in [7, 11) is 3.83. The molecule has 114 valence electrons. The first-order chi connectivity index (χ1) is 10.4. The molecule has 2 aromatic carbocycles. The van der Waals surface area contributed by atoms with Crippen molar-refractivity contribution < 1.29 is 4.42 Å². The molecule has 0 saturated heterocycles. The van der Waals surface area contributed by atoms with Crippen molar-refractivity contribution in [2.45, 2.75) is 0 Å². The van der Waals surface area contributed by atoms with Crippen LogP contribution in [0.1, 0.15) is 0 Å². The lowest BCUT2D eigenvalue weighted by Gasteiger charge is -2.17. The molecule has 3 rings (SSSR count). The molecule has 5 nitrogen and oxygen atoms in total. The van der Waals surface area contributed by atoms with Crippen molar-refractivity contribution in [3.63, 3.8) is 0 Å². The molecule has 0 aliphatic carbocycles. The lowest BCUT2D eigenvalue weighted by molar-refractivity contribution is 0.555. The van der Waals surface area contributed by atoms with Crippen molar-refractivity contribution in [3.05, 3.63) is 50.9 Å². The number of anilines is 3. The van der Waals surface area contributed by atoms with Gasteiger partial charge < -0.3 is 14.6 Å².